The zero-order valence-corrected chi connectivity index (χ0v) is 25.4. The third kappa shape index (κ3) is 7.59. The number of ketones is 2. The van der Waals surface area contributed by atoms with Gasteiger partial charge in [0.05, 0.1) is 19.6 Å². The fourth-order valence-corrected chi connectivity index (χ4v) is 5.13. The van der Waals surface area contributed by atoms with Crippen molar-refractivity contribution in [1.29, 1.82) is 0 Å². The van der Waals surface area contributed by atoms with E-state index in [1.54, 1.807) is 38.5 Å². The van der Waals surface area contributed by atoms with Crippen LogP contribution in [-0.2, 0) is 14.3 Å². The lowest BCUT2D eigenvalue weighted by molar-refractivity contribution is -0.113. The van der Waals surface area contributed by atoms with Crippen molar-refractivity contribution in [3.63, 3.8) is 0 Å². The van der Waals surface area contributed by atoms with E-state index >= 15 is 0 Å². The van der Waals surface area contributed by atoms with Crippen LogP contribution in [0.5, 0.6) is 0 Å². The van der Waals surface area contributed by atoms with Crippen LogP contribution < -0.4 is 0 Å². The number of carbonyl (C=O) groups is 2. The molecule has 0 radical (unpaired) electrons. The molecule has 39 heavy (non-hydrogen) atoms. The maximum atomic E-state index is 14.2. The van der Waals surface area contributed by atoms with Crippen molar-refractivity contribution < 1.29 is 19.1 Å². The SMILES string of the molecule is C=C(C)[C@H](CC=C(C)C)C[C@@]1(CC=C(C)C)C(OC)=C(CC=C(C)C)C(=O)C(C(=O)c2ccccc2)=C1OC. The van der Waals surface area contributed by atoms with Crippen molar-refractivity contribution in [3.05, 3.63) is 106 Å². The third-order valence-electron chi connectivity index (χ3n) is 7.22. The van der Waals surface area contributed by atoms with Crippen molar-refractivity contribution >= 4 is 11.6 Å². The molecule has 0 unspecified atom stereocenters. The van der Waals surface area contributed by atoms with E-state index in [0.29, 0.717) is 41.9 Å². The lowest BCUT2D eigenvalue weighted by Gasteiger charge is -2.42. The Bertz CT molecular complexity index is 1220. The van der Waals surface area contributed by atoms with Crippen molar-refractivity contribution in [2.24, 2.45) is 11.3 Å². The van der Waals surface area contributed by atoms with E-state index in [1.807, 2.05) is 46.8 Å². The molecule has 0 saturated heterocycles. The fraction of sp³-hybridized carbons (Fsp3) is 0.429. The molecule has 0 N–H and O–H groups in total. The third-order valence-corrected chi connectivity index (χ3v) is 7.22. The van der Waals surface area contributed by atoms with E-state index in [4.69, 9.17) is 9.47 Å². The Labute approximate surface area is 235 Å². The number of hydrogen-bond acceptors (Lipinski definition) is 4. The van der Waals surface area contributed by atoms with Crippen LogP contribution in [0.15, 0.2) is 100 Å². The van der Waals surface area contributed by atoms with Gasteiger partial charge in [-0.3, -0.25) is 9.59 Å². The van der Waals surface area contributed by atoms with Gasteiger partial charge in [-0.05, 0) is 80.1 Å². The molecule has 0 bridgehead atoms. The standard InChI is InChI=1S/C35H46O4/c1-23(2)16-18-28(26(7)8)22-35(21-20-25(5)6)33(38-9)29(19-17-24(3)4)32(37)30(34(35)39-10)31(36)27-14-12-11-13-15-27/h11-17,20,28H,7,18-19,21-22H2,1-6,8-10H3/t28-,35+/m1/s1. The first-order chi connectivity index (χ1) is 18.4. The number of carbonyl (C=O) groups excluding carboxylic acids is 2. The van der Waals surface area contributed by atoms with Crippen molar-refractivity contribution in [2.75, 3.05) is 14.2 Å². The van der Waals surface area contributed by atoms with Crippen LogP contribution in [0.2, 0.25) is 0 Å². The van der Waals surface area contributed by atoms with Crippen LogP contribution >= 0.6 is 0 Å². The van der Waals surface area contributed by atoms with Gasteiger partial charge in [-0.15, -0.1) is 0 Å². The van der Waals surface area contributed by atoms with Gasteiger partial charge in [0.25, 0.3) is 0 Å². The summed E-state index contributed by atoms with van der Waals surface area (Å²) in [5, 5.41) is 0. The average Bonchev–Trinajstić information content (AvgIpc) is 2.89. The molecule has 1 aromatic carbocycles. The first kappa shape index (κ1) is 31.8. The monoisotopic (exact) mass is 530 g/mol. The minimum absolute atomic E-state index is 0.0757. The first-order valence-corrected chi connectivity index (χ1v) is 13.7. The van der Waals surface area contributed by atoms with E-state index in [9.17, 15) is 9.59 Å². The molecule has 0 spiro atoms. The molecule has 1 aliphatic rings. The summed E-state index contributed by atoms with van der Waals surface area (Å²) in [6.45, 7) is 18.6. The summed E-state index contributed by atoms with van der Waals surface area (Å²) in [7, 11) is 3.17. The topological polar surface area (TPSA) is 52.6 Å². The number of allylic oxidation sites excluding steroid dienone is 9. The molecule has 0 amide bonds. The summed E-state index contributed by atoms with van der Waals surface area (Å²) >= 11 is 0. The van der Waals surface area contributed by atoms with Gasteiger partial charge in [-0.1, -0.05) is 77.4 Å². The highest BCUT2D eigenvalue weighted by Gasteiger charge is 2.51. The molecule has 0 aliphatic heterocycles. The van der Waals surface area contributed by atoms with Gasteiger partial charge < -0.3 is 9.47 Å². The first-order valence-electron chi connectivity index (χ1n) is 13.7. The molecule has 2 atom stereocenters. The van der Waals surface area contributed by atoms with Crippen LogP contribution in [-0.4, -0.2) is 25.8 Å². The highest BCUT2D eigenvalue weighted by molar-refractivity contribution is 6.32. The average molecular weight is 531 g/mol. The molecule has 0 saturated carbocycles. The van der Waals surface area contributed by atoms with Crippen LogP contribution in [0, 0.1) is 11.3 Å². The fourth-order valence-electron chi connectivity index (χ4n) is 5.13. The van der Waals surface area contributed by atoms with E-state index < -0.39 is 5.41 Å². The molecule has 0 aromatic heterocycles. The van der Waals surface area contributed by atoms with Crippen molar-refractivity contribution in [1.82, 2.24) is 0 Å². The molecule has 0 heterocycles. The number of hydrogen-bond donors (Lipinski definition) is 0. The molecule has 1 aromatic rings. The molecule has 1 aliphatic carbocycles. The van der Waals surface area contributed by atoms with Gasteiger partial charge in [0.2, 0.25) is 0 Å². The summed E-state index contributed by atoms with van der Waals surface area (Å²) in [4.78, 5) is 28.2. The molecule has 4 heteroatoms. The Balaban J connectivity index is 3.01. The van der Waals surface area contributed by atoms with Gasteiger partial charge in [0.15, 0.2) is 11.6 Å². The van der Waals surface area contributed by atoms with Gasteiger partial charge in [-0.2, -0.15) is 0 Å². The van der Waals surface area contributed by atoms with E-state index in [-0.39, 0.29) is 23.1 Å². The maximum absolute atomic E-state index is 14.2. The molecule has 4 nitrogen and oxygen atoms in total. The predicted molar refractivity (Wildman–Crippen MR) is 161 cm³/mol. The lowest BCUT2D eigenvalue weighted by atomic mass is 9.64. The molecule has 0 fully saturated rings. The largest absolute Gasteiger partial charge is 0.500 e. The van der Waals surface area contributed by atoms with Crippen molar-refractivity contribution in [2.45, 2.75) is 74.1 Å². The Kier molecular flexibility index (Phi) is 11.5. The van der Waals surface area contributed by atoms with E-state index in [1.165, 1.54) is 5.57 Å². The predicted octanol–water partition coefficient (Wildman–Crippen LogP) is 8.89. The molecule has 210 valence electrons. The van der Waals surface area contributed by atoms with E-state index in [0.717, 1.165) is 23.1 Å². The second-order valence-corrected chi connectivity index (χ2v) is 11.3. The Morgan fingerprint density at radius 1 is 0.872 bits per heavy atom. The Hall–Kier alpha value is -3.40. The highest BCUT2D eigenvalue weighted by atomic mass is 16.5. The Morgan fingerprint density at radius 3 is 1.92 bits per heavy atom. The summed E-state index contributed by atoms with van der Waals surface area (Å²) in [5.74, 6) is 0.360. The summed E-state index contributed by atoms with van der Waals surface area (Å²) in [6, 6.07) is 8.95. The van der Waals surface area contributed by atoms with Gasteiger partial charge in [0, 0.05) is 11.1 Å². The molecule has 2 rings (SSSR count). The normalized spacial score (nSPS) is 17.8. The second kappa shape index (κ2) is 14.1. The maximum Gasteiger partial charge on any atom is 0.200 e. The minimum Gasteiger partial charge on any atom is -0.500 e. The summed E-state index contributed by atoms with van der Waals surface area (Å²) in [6.07, 6.45) is 8.65. The quantitative estimate of drug-likeness (QED) is 0.145. The second-order valence-electron chi connectivity index (χ2n) is 11.3. The zero-order chi connectivity index (χ0) is 29.3. The minimum atomic E-state index is -0.863. The number of methoxy groups -OCH3 is 2. The number of Topliss-reactive ketones (excluding diaryl/α,β-unsaturated/α-hetero) is 2. The summed E-state index contributed by atoms with van der Waals surface area (Å²) < 4.78 is 12.3. The lowest BCUT2D eigenvalue weighted by Crippen LogP contribution is -2.39. The smallest absolute Gasteiger partial charge is 0.200 e. The van der Waals surface area contributed by atoms with Gasteiger partial charge in [-0.25, -0.2) is 0 Å². The molecular weight excluding hydrogens is 484 g/mol. The van der Waals surface area contributed by atoms with Crippen LogP contribution in [0.25, 0.3) is 0 Å². The van der Waals surface area contributed by atoms with Crippen LogP contribution in [0.3, 0.4) is 0 Å². The van der Waals surface area contributed by atoms with Gasteiger partial charge in [0.1, 0.15) is 17.1 Å². The van der Waals surface area contributed by atoms with E-state index in [2.05, 4.69) is 32.6 Å². The summed E-state index contributed by atoms with van der Waals surface area (Å²) in [5.41, 5.74) is 4.67. The Morgan fingerprint density at radius 2 is 1.44 bits per heavy atom. The van der Waals surface area contributed by atoms with Gasteiger partial charge >= 0.3 is 0 Å². The van der Waals surface area contributed by atoms with Crippen LogP contribution in [0.1, 0.15) is 84.5 Å². The number of rotatable bonds is 13. The number of benzene rings is 1. The number of ether oxygens (including phenoxy) is 2. The highest BCUT2D eigenvalue weighted by Crippen LogP contribution is 2.53. The van der Waals surface area contributed by atoms with Crippen molar-refractivity contribution in [3.8, 4) is 0 Å². The van der Waals surface area contributed by atoms with Crippen LogP contribution in [0.4, 0.5) is 0 Å². The zero-order valence-electron chi connectivity index (χ0n) is 25.4. The molecular formula is C35H46O4.